The van der Waals surface area contributed by atoms with Crippen LogP contribution in [-0.4, -0.2) is 50.8 Å². The van der Waals surface area contributed by atoms with Crippen LogP contribution in [0.4, 0.5) is 10.1 Å². The number of thiophene rings is 1. The molecule has 0 amide bonds. The highest BCUT2D eigenvalue weighted by Crippen LogP contribution is 2.38. The molecule has 0 aliphatic rings. The van der Waals surface area contributed by atoms with Gasteiger partial charge in [0.05, 0.1) is 18.8 Å². The molecule has 0 radical (unpaired) electrons. The van der Waals surface area contributed by atoms with Crippen molar-refractivity contribution in [1.82, 2.24) is 4.72 Å². The molecule has 0 saturated heterocycles. The van der Waals surface area contributed by atoms with Gasteiger partial charge in [-0.3, -0.25) is 4.57 Å². The van der Waals surface area contributed by atoms with Crippen molar-refractivity contribution in [2.24, 2.45) is 5.73 Å². The summed E-state index contributed by atoms with van der Waals surface area (Å²) in [6, 6.07) is 14.2. The SMILES string of the molecule is N#Cc1ccc(NCCCOc2ccc(-c3ccc(S(=O)(=O)NCP(=O)(O)O)s3)cc2OCCCN)cc1F. The lowest BCUT2D eigenvalue weighted by atomic mass is 10.1. The first-order valence-corrected chi connectivity index (χ1v) is 15.8. The van der Waals surface area contributed by atoms with Gasteiger partial charge in [0.15, 0.2) is 11.5 Å². The molecular formula is C24H28FN4O7PS2. The van der Waals surface area contributed by atoms with E-state index in [2.05, 4.69) is 5.32 Å². The quantitative estimate of drug-likeness (QED) is 0.128. The fourth-order valence-corrected chi connectivity index (χ4v) is 6.58. The predicted molar refractivity (Wildman–Crippen MR) is 146 cm³/mol. The maximum Gasteiger partial charge on any atom is 0.340 e. The van der Waals surface area contributed by atoms with E-state index in [4.69, 9.17) is 30.3 Å². The monoisotopic (exact) mass is 598 g/mol. The van der Waals surface area contributed by atoms with Crippen LogP contribution >= 0.6 is 18.9 Å². The van der Waals surface area contributed by atoms with Gasteiger partial charge in [-0.05, 0) is 73.5 Å². The van der Waals surface area contributed by atoms with Crippen LogP contribution in [0, 0.1) is 17.1 Å². The molecule has 1 aromatic heterocycles. The number of benzene rings is 2. The van der Waals surface area contributed by atoms with Gasteiger partial charge in [0.2, 0.25) is 0 Å². The Labute approximate surface area is 229 Å². The van der Waals surface area contributed by atoms with Gasteiger partial charge in [0.25, 0.3) is 10.0 Å². The number of nitriles is 1. The molecule has 11 nitrogen and oxygen atoms in total. The molecule has 39 heavy (non-hydrogen) atoms. The highest BCUT2D eigenvalue weighted by atomic mass is 32.2. The normalized spacial score (nSPS) is 11.7. The number of nitrogens with zero attached hydrogens (tertiary/aromatic N) is 1. The van der Waals surface area contributed by atoms with E-state index in [9.17, 15) is 17.4 Å². The van der Waals surface area contributed by atoms with E-state index in [0.717, 1.165) is 11.3 Å². The van der Waals surface area contributed by atoms with Crippen molar-refractivity contribution in [1.29, 1.82) is 5.26 Å². The van der Waals surface area contributed by atoms with Gasteiger partial charge in [-0.1, -0.05) is 0 Å². The largest absolute Gasteiger partial charge is 0.490 e. The molecule has 3 rings (SSSR count). The molecule has 210 valence electrons. The van der Waals surface area contributed by atoms with E-state index in [-0.39, 0.29) is 9.77 Å². The van der Waals surface area contributed by atoms with Gasteiger partial charge in [0, 0.05) is 17.1 Å². The van der Waals surface area contributed by atoms with Gasteiger partial charge >= 0.3 is 7.60 Å². The Hall–Kier alpha value is -3.02. The predicted octanol–water partition coefficient (Wildman–Crippen LogP) is 3.45. The Bertz CT molecular complexity index is 1470. The van der Waals surface area contributed by atoms with Gasteiger partial charge in [-0.25, -0.2) is 12.8 Å². The van der Waals surface area contributed by atoms with E-state index in [1.54, 1.807) is 36.4 Å². The fraction of sp³-hybridized carbons (Fsp3) is 0.292. The first kappa shape index (κ1) is 30.5. The number of hydrogen-bond donors (Lipinski definition) is 5. The number of nitrogens with one attached hydrogen (secondary N) is 2. The molecule has 1 heterocycles. The maximum atomic E-state index is 13.7. The lowest BCUT2D eigenvalue weighted by molar-refractivity contribution is 0.266. The molecule has 0 aliphatic carbocycles. The molecule has 0 saturated carbocycles. The molecular weight excluding hydrogens is 570 g/mol. The lowest BCUT2D eigenvalue weighted by Crippen LogP contribution is -2.23. The lowest BCUT2D eigenvalue weighted by Gasteiger charge is -2.14. The topological polar surface area (TPSA) is 184 Å². The third kappa shape index (κ3) is 9.29. The van der Waals surface area contributed by atoms with Crippen molar-refractivity contribution in [2.75, 3.05) is 37.9 Å². The highest BCUT2D eigenvalue weighted by Gasteiger charge is 2.22. The van der Waals surface area contributed by atoms with Crippen LogP contribution in [0.15, 0.2) is 52.7 Å². The first-order valence-electron chi connectivity index (χ1n) is 11.7. The van der Waals surface area contributed by atoms with Crippen LogP contribution in [0.2, 0.25) is 0 Å². The summed E-state index contributed by atoms with van der Waals surface area (Å²) in [5, 5.41) is 11.9. The smallest absolute Gasteiger partial charge is 0.340 e. The fourth-order valence-electron chi connectivity index (χ4n) is 3.22. The third-order valence-electron chi connectivity index (χ3n) is 5.14. The molecule has 0 bridgehead atoms. The van der Waals surface area contributed by atoms with Crippen LogP contribution in [0.5, 0.6) is 11.5 Å². The van der Waals surface area contributed by atoms with Crippen LogP contribution < -0.4 is 25.2 Å². The first-order chi connectivity index (χ1) is 18.5. The van der Waals surface area contributed by atoms with E-state index in [0.29, 0.717) is 66.8 Å². The summed E-state index contributed by atoms with van der Waals surface area (Å²) in [5.41, 5.74) is 6.76. The van der Waals surface area contributed by atoms with Gasteiger partial charge in [0.1, 0.15) is 22.4 Å². The summed E-state index contributed by atoms with van der Waals surface area (Å²) >= 11 is 0.939. The summed E-state index contributed by atoms with van der Waals surface area (Å²) in [4.78, 5) is 18.5. The zero-order valence-electron chi connectivity index (χ0n) is 20.7. The molecule has 0 unspecified atom stereocenters. The summed E-state index contributed by atoms with van der Waals surface area (Å²) in [5.74, 6) is 0.333. The number of hydrogen-bond acceptors (Lipinski definition) is 9. The molecule has 6 N–H and O–H groups in total. The average Bonchev–Trinajstić information content (AvgIpc) is 3.39. The Kier molecular flexibility index (Phi) is 10.8. The standard InChI is InChI=1S/C24H28FN4O7PS2/c25-20-14-19(5-3-18(20)15-27)28-10-2-12-35-21-6-4-17(13-22(21)36-11-1-9-26)23-7-8-24(38-23)39(33,34)29-16-37(30,31)32/h3-8,13-14,28-29H,1-2,9-12,16,26H2,(H2,30,31,32). The zero-order valence-corrected chi connectivity index (χ0v) is 23.2. The summed E-state index contributed by atoms with van der Waals surface area (Å²) in [6.45, 7) is 1.60. The molecule has 2 aromatic carbocycles. The Morgan fingerprint density at radius 1 is 1.05 bits per heavy atom. The average molecular weight is 599 g/mol. The minimum absolute atomic E-state index is 0.0218. The second-order valence-electron chi connectivity index (χ2n) is 8.18. The molecule has 0 fully saturated rings. The molecule has 3 aromatic rings. The van der Waals surface area contributed by atoms with Crippen LogP contribution in [0.3, 0.4) is 0 Å². The second-order valence-corrected chi connectivity index (χ2v) is 12.9. The summed E-state index contributed by atoms with van der Waals surface area (Å²) < 4.78 is 63.1. The summed E-state index contributed by atoms with van der Waals surface area (Å²) in [7, 11) is -8.64. The van der Waals surface area contributed by atoms with Crippen molar-refractivity contribution in [3.8, 4) is 28.0 Å². The molecule has 15 heteroatoms. The van der Waals surface area contributed by atoms with Crippen molar-refractivity contribution in [3.63, 3.8) is 0 Å². The second kappa shape index (κ2) is 13.9. The van der Waals surface area contributed by atoms with Crippen molar-refractivity contribution < 1.29 is 36.6 Å². The number of sulfonamides is 1. The van der Waals surface area contributed by atoms with Crippen LogP contribution in [0.25, 0.3) is 10.4 Å². The van der Waals surface area contributed by atoms with Crippen LogP contribution in [0.1, 0.15) is 18.4 Å². The third-order valence-corrected chi connectivity index (χ3v) is 8.95. The number of anilines is 1. The molecule has 0 aliphatic heterocycles. The number of ether oxygens (including phenoxy) is 2. The number of rotatable bonds is 15. The molecule has 0 spiro atoms. The number of halogens is 1. The van der Waals surface area contributed by atoms with Gasteiger partial charge < -0.3 is 30.3 Å². The van der Waals surface area contributed by atoms with Crippen molar-refractivity contribution in [3.05, 3.63) is 59.9 Å². The van der Waals surface area contributed by atoms with Crippen molar-refractivity contribution >= 4 is 34.6 Å². The number of nitrogens with two attached hydrogens (primary N) is 1. The van der Waals surface area contributed by atoms with Gasteiger partial charge in [-0.15, -0.1) is 11.3 Å². The Balaban J connectivity index is 1.65. The van der Waals surface area contributed by atoms with Crippen LogP contribution in [-0.2, 0) is 14.6 Å². The van der Waals surface area contributed by atoms with Crippen molar-refractivity contribution in [2.45, 2.75) is 17.1 Å². The summed E-state index contributed by atoms with van der Waals surface area (Å²) in [6.07, 6.45) is 0.203. The van der Waals surface area contributed by atoms with E-state index < -0.39 is 29.7 Å². The Morgan fingerprint density at radius 2 is 1.79 bits per heavy atom. The minimum atomic E-state index is -4.55. The highest BCUT2D eigenvalue weighted by molar-refractivity contribution is 7.92. The van der Waals surface area contributed by atoms with Gasteiger partial charge in [-0.2, -0.15) is 9.98 Å². The maximum absolute atomic E-state index is 13.7. The Morgan fingerprint density at radius 3 is 2.49 bits per heavy atom. The molecule has 0 atom stereocenters. The van der Waals surface area contributed by atoms with E-state index in [1.165, 1.54) is 18.2 Å². The minimum Gasteiger partial charge on any atom is -0.490 e. The zero-order chi connectivity index (χ0) is 28.5. The van der Waals surface area contributed by atoms with E-state index in [1.807, 2.05) is 4.72 Å². The van der Waals surface area contributed by atoms with E-state index >= 15 is 0 Å².